The van der Waals surface area contributed by atoms with Crippen molar-refractivity contribution in [3.8, 4) is 0 Å². The molecule has 0 heterocycles. The van der Waals surface area contributed by atoms with Crippen molar-refractivity contribution in [3.05, 3.63) is 35.9 Å². The van der Waals surface area contributed by atoms with E-state index in [4.69, 9.17) is 5.73 Å². The van der Waals surface area contributed by atoms with Gasteiger partial charge in [-0.1, -0.05) is 37.3 Å². The molecule has 1 aromatic rings. The first-order valence-corrected chi connectivity index (χ1v) is 7.29. The molecule has 2 nitrogen and oxygen atoms in total. The minimum absolute atomic E-state index is 0.190. The highest BCUT2D eigenvalue weighted by Gasteiger charge is 2.20. The summed E-state index contributed by atoms with van der Waals surface area (Å²) in [7, 11) is 0. The molecule has 1 aliphatic carbocycles. The van der Waals surface area contributed by atoms with Crippen molar-refractivity contribution in [2.45, 2.75) is 51.1 Å². The Bertz CT molecular complexity index is 336. The van der Waals surface area contributed by atoms with Gasteiger partial charge in [0, 0.05) is 12.1 Å². The average molecular weight is 246 g/mol. The molecule has 3 atom stereocenters. The van der Waals surface area contributed by atoms with E-state index in [1.807, 2.05) is 6.07 Å². The van der Waals surface area contributed by atoms with Crippen molar-refractivity contribution in [1.82, 2.24) is 5.32 Å². The summed E-state index contributed by atoms with van der Waals surface area (Å²) in [4.78, 5) is 0. The summed E-state index contributed by atoms with van der Waals surface area (Å²) < 4.78 is 0. The predicted molar refractivity (Wildman–Crippen MR) is 77.4 cm³/mol. The van der Waals surface area contributed by atoms with Crippen LogP contribution in [-0.2, 0) is 0 Å². The van der Waals surface area contributed by atoms with Crippen molar-refractivity contribution in [2.24, 2.45) is 11.7 Å². The van der Waals surface area contributed by atoms with E-state index in [1.165, 1.54) is 31.2 Å². The van der Waals surface area contributed by atoms with Crippen LogP contribution in [0.4, 0.5) is 0 Å². The minimum Gasteiger partial charge on any atom is -0.324 e. The van der Waals surface area contributed by atoms with Gasteiger partial charge in [0.2, 0.25) is 0 Å². The highest BCUT2D eigenvalue weighted by Crippen LogP contribution is 2.24. The molecule has 2 heteroatoms. The molecule has 3 N–H and O–H groups in total. The van der Waals surface area contributed by atoms with Crippen LogP contribution in [0.2, 0.25) is 0 Å². The highest BCUT2D eigenvalue weighted by molar-refractivity contribution is 5.18. The molecule has 0 aromatic heterocycles. The van der Waals surface area contributed by atoms with Crippen LogP contribution >= 0.6 is 0 Å². The third-order valence-corrected chi connectivity index (χ3v) is 4.05. The number of nitrogens with one attached hydrogen (secondary N) is 1. The number of benzene rings is 1. The molecule has 18 heavy (non-hydrogen) atoms. The average Bonchev–Trinajstić information content (AvgIpc) is 2.81. The van der Waals surface area contributed by atoms with E-state index < -0.39 is 0 Å². The molecular weight excluding hydrogens is 220 g/mol. The SMILES string of the molecule is CC1CCC(NCCCC(N)c2ccccc2)C1. The number of hydrogen-bond acceptors (Lipinski definition) is 2. The summed E-state index contributed by atoms with van der Waals surface area (Å²) in [6, 6.07) is 11.4. The van der Waals surface area contributed by atoms with Crippen LogP contribution in [0.15, 0.2) is 30.3 Å². The summed E-state index contributed by atoms with van der Waals surface area (Å²) in [5, 5.41) is 3.66. The molecule has 0 aliphatic heterocycles. The first-order chi connectivity index (χ1) is 8.75. The second-order valence-corrected chi connectivity index (χ2v) is 5.73. The Labute approximate surface area is 111 Å². The van der Waals surface area contributed by atoms with Crippen molar-refractivity contribution >= 4 is 0 Å². The Hall–Kier alpha value is -0.860. The minimum atomic E-state index is 0.190. The van der Waals surface area contributed by atoms with Gasteiger partial charge in [-0.3, -0.25) is 0 Å². The van der Waals surface area contributed by atoms with Crippen molar-refractivity contribution < 1.29 is 0 Å². The van der Waals surface area contributed by atoms with Gasteiger partial charge in [-0.25, -0.2) is 0 Å². The Morgan fingerprint density at radius 3 is 2.72 bits per heavy atom. The molecule has 100 valence electrons. The number of rotatable bonds is 6. The molecule has 0 spiro atoms. The van der Waals surface area contributed by atoms with Crippen LogP contribution in [0.3, 0.4) is 0 Å². The summed E-state index contributed by atoms with van der Waals surface area (Å²) in [6.07, 6.45) is 6.33. The highest BCUT2D eigenvalue weighted by atomic mass is 14.9. The van der Waals surface area contributed by atoms with E-state index in [9.17, 15) is 0 Å². The summed E-state index contributed by atoms with van der Waals surface area (Å²) >= 11 is 0. The third kappa shape index (κ3) is 4.11. The van der Waals surface area contributed by atoms with Gasteiger partial charge in [0.15, 0.2) is 0 Å². The molecule has 1 aliphatic rings. The van der Waals surface area contributed by atoms with Crippen molar-refractivity contribution in [1.29, 1.82) is 0 Å². The lowest BCUT2D eigenvalue weighted by Crippen LogP contribution is -2.27. The largest absolute Gasteiger partial charge is 0.324 e. The van der Waals surface area contributed by atoms with E-state index in [0.29, 0.717) is 0 Å². The fourth-order valence-corrected chi connectivity index (χ4v) is 2.89. The van der Waals surface area contributed by atoms with Gasteiger partial charge in [-0.15, -0.1) is 0 Å². The first kappa shape index (κ1) is 13.6. The predicted octanol–water partition coefficient (Wildman–Crippen LogP) is 3.24. The zero-order chi connectivity index (χ0) is 12.8. The fraction of sp³-hybridized carbons (Fsp3) is 0.625. The second kappa shape index (κ2) is 6.91. The lowest BCUT2D eigenvalue weighted by molar-refractivity contribution is 0.479. The number of nitrogens with two attached hydrogens (primary N) is 1. The molecule has 1 saturated carbocycles. The van der Waals surface area contributed by atoms with Crippen molar-refractivity contribution in [2.75, 3.05) is 6.54 Å². The van der Waals surface area contributed by atoms with Gasteiger partial charge < -0.3 is 11.1 Å². The molecule has 3 unspecified atom stereocenters. The van der Waals surface area contributed by atoms with E-state index in [2.05, 4.69) is 36.5 Å². The molecule has 0 radical (unpaired) electrons. The van der Waals surface area contributed by atoms with Gasteiger partial charge in [0.25, 0.3) is 0 Å². The lowest BCUT2D eigenvalue weighted by atomic mass is 10.0. The molecule has 0 bridgehead atoms. The standard InChI is InChI=1S/C16H26N2/c1-13-9-10-15(12-13)18-11-5-8-16(17)14-6-3-2-4-7-14/h2-4,6-7,13,15-16,18H,5,8-12,17H2,1H3. The van der Waals surface area contributed by atoms with E-state index in [-0.39, 0.29) is 6.04 Å². The summed E-state index contributed by atoms with van der Waals surface area (Å²) in [5.41, 5.74) is 7.44. The molecule has 0 amide bonds. The van der Waals surface area contributed by atoms with Gasteiger partial charge in [-0.05, 0) is 50.1 Å². The molecule has 1 aromatic carbocycles. The van der Waals surface area contributed by atoms with E-state index >= 15 is 0 Å². The van der Waals surface area contributed by atoms with Crippen LogP contribution < -0.4 is 11.1 Å². The summed E-state index contributed by atoms with van der Waals surface area (Å²) in [5.74, 6) is 0.911. The zero-order valence-corrected chi connectivity index (χ0v) is 11.4. The third-order valence-electron chi connectivity index (χ3n) is 4.05. The van der Waals surface area contributed by atoms with Crippen LogP contribution in [0.1, 0.15) is 50.6 Å². The Kier molecular flexibility index (Phi) is 5.21. The topological polar surface area (TPSA) is 38.0 Å². The second-order valence-electron chi connectivity index (χ2n) is 5.73. The van der Waals surface area contributed by atoms with Crippen LogP contribution in [0.25, 0.3) is 0 Å². The Morgan fingerprint density at radius 1 is 1.28 bits per heavy atom. The Balaban J connectivity index is 1.61. The van der Waals surface area contributed by atoms with Crippen LogP contribution in [0.5, 0.6) is 0 Å². The van der Waals surface area contributed by atoms with E-state index in [1.54, 1.807) is 0 Å². The van der Waals surface area contributed by atoms with Crippen LogP contribution in [0, 0.1) is 5.92 Å². The molecule has 2 rings (SSSR count). The summed E-state index contributed by atoms with van der Waals surface area (Å²) in [6.45, 7) is 3.46. The lowest BCUT2D eigenvalue weighted by Gasteiger charge is -2.15. The van der Waals surface area contributed by atoms with Gasteiger partial charge in [-0.2, -0.15) is 0 Å². The maximum Gasteiger partial charge on any atom is 0.0295 e. The molecule has 0 saturated heterocycles. The maximum absolute atomic E-state index is 6.18. The van der Waals surface area contributed by atoms with Gasteiger partial charge in [0.05, 0.1) is 0 Å². The number of hydrogen-bond donors (Lipinski definition) is 2. The maximum atomic E-state index is 6.18. The van der Waals surface area contributed by atoms with Crippen LogP contribution in [-0.4, -0.2) is 12.6 Å². The van der Waals surface area contributed by atoms with E-state index in [0.717, 1.165) is 24.9 Å². The quantitative estimate of drug-likeness (QED) is 0.756. The molecule has 1 fully saturated rings. The van der Waals surface area contributed by atoms with Gasteiger partial charge in [0.1, 0.15) is 0 Å². The Morgan fingerprint density at radius 2 is 2.06 bits per heavy atom. The smallest absolute Gasteiger partial charge is 0.0295 e. The molecular formula is C16H26N2. The monoisotopic (exact) mass is 246 g/mol. The zero-order valence-electron chi connectivity index (χ0n) is 11.4. The van der Waals surface area contributed by atoms with Gasteiger partial charge >= 0.3 is 0 Å². The van der Waals surface area contributed by atoms with Crippen molar-refractivity contribution in [3.63, 3.8) is 0 Å². The normalized spacial score (nSPS) is 25.2. The fourth-order valence-electron chi connectivity index (χ4n) is 2.89. The first-order valence-electron chi connectivity index (χ1n) is 7.29.